The van der Waals surface area contributed by atoms with Gasteiger partial charge in [0.1, 0.15) is 16.6 Å². The lowest BCUT2D eigenvalue weighted by Crippen LogP contribution is -2.45. The number of nitrogens with zero attached hydrogens (tertiary/aromatic N) is 2. The zero-order chi connectivity index (χ0) is 30.3. The maximum atomic E-state index is 13.6. The molecule has 1 fully saturated rings. The summed E-state index contributed by atoms with van der Waals surface area (Å²) in [5.74, 6) is 0.117. The average Bonchev–Trinajstić information content (AvgIpc) is 3.02. The normalized spacial score (nSPS) is 17.3. The number of ether oxygens (including phenoxy) is 1. The number of piperidine rings is 1. The Balaban J connectivity index is 1.32. The number of amides is 1. The molecular formula is C33H34ClFN4O3S. The summed E-state index contributed by atoms with van der Waals surface area (Å²) < 4.78 is 20.2. The topological polar surface area (TPSA) is 85.2 Å². The van der Waals surface area contributed by atoms with Gasteiger partial charge in [0, 0.05) is 39.9 Å². The highest BCUT2D eigenvalue weighted by molar-refractivity contribution is 7.99. The first-order valence-electron chi connectivity index (χ1n) is 14.3. The fourth-order valence-electron chi connectivity index (χ4n) is 5.30. The summed E-state index contributed by atoms with van der Waals surface area (Å²) in [5, 5.41) is 12.5. The van der Waals surface area contributed by atoms with Crippen LogP contribution in [0.3, 0.4) is 0 Å². The molecule has 0 bridgehead atoms. The predicted molar refractivity (Wildman–Crippen MR) is 168 cm³/mol. The van der Waals surface area contributed by atoms with Gasteiger partial charge in [0.25, 0.3) is 5.56 Å². The molecule has 43 heavy (non-hydrogen) atoms. The van der Waals surface area contributed by atoms with E-state index in [0.29, 0.717) is 52.9 Å². The SMILES string of the molecule is COc1ccc(-n2nc(Sc3ccc(Cl)cc3)cc(CC[C@@H](C)NC(=O)[C@H]3CCNC[C@@H]3c3ccc(F)cc3)c2=O)cc1. The molecule has 1 aromatic heterocycles. The third-order valence-corrected chi connectivity index (χ3v) is 8.84. The lowest BCUT2D eigenvalue weighted by molar-refractivity contribution is -0.127. The van der Waals surface area contributed by atoms with Gasteiger partial charge in [-0.1, -0.05) is 35.5 Å². The maximum Gasteiger partial charge on any atom is 0.274 e. The quantitative estimate of drug-likeness (QED) is 0.226. The molecule has 1 saturated heterocycles. The van der Waals surface area contributed by atoms with E-state index in [4.69, 9.17) is 16.3 Å². The minimum Gasteiger partial charge on any atom is -0.497 e. The maximum absolute atomic E-state index is 13.6. The van der Waals surface area contributed by atoms with Crippen LogP contribution in [0.5, 0.6) is 5.75 Å². The fraction of sp³-hybridized carbons (Fsp3) is 0.303. The zero-order valence-corrected chi connectivity index (χ0v) is 25.6. The summed E-state index contributed by atoms with van der Waals surface area (Å²) in [7, 11) is 1.59. The van der Waals surface area contributed by atoms with Gasteiger partial charge in [0.05, 0.1) is 12.8 Å². The van der Waals surface area contributed by atoms with Crippen molar-refractivity contribution in [3.8, 4) is 11.4 Å². The Morgan fingerprint density at radius 3 is 2.56 bits per heavy atom. The van der Waals surface area contributed by atoms with E-state index < -0.39 is 0 Å². The summed E-state index contributed by atoms with van der Waals surface area (Å²) in [6.07, 6.45) is 1.73. The molecule has 1 amide bonds. The van der Waals surface area contributed by atoms with Gasteiger partial charge in [0.2, 0.25) is 5.91 Å². The van der Waals surface area contributed by atoms with Crippen LogP contribution in [0.15, 0.2) is 93.6 Å². The van der Waals surface area contributed by atoms with Crippen LogP contribution in [0.25, 0.3) is 5.69 Å². The summed E-state index contributed by atoms with van der Waals surface area (Å²) in [6, 6.07) is 22.7. The molecule has 4 aromatic rings. The number of benzene rings is 3. The van der Waals surface area contributed by atoms with Crippen molar-refractivity contribution in [2.24, 2.45) is 5.92 Å². The Labute approximate surface area is 259 Å². The molecule has 1 aliphatic rings. The number of carbonyl (C=O) groups excluding carboxylic acids is 1. The van der Waals surface area contributed by atoms with Crippen molar-refractivity contribution >= 4 is 29.3 Å². The highest BCUT2D eigenvalue weighted by Crippen LogP contribution is 2.30. The molecule has 1 aliphatic heterocycles. The molecule has 3 aromatic carbocycles. The van der Waals surface area contributed by atoms with Crippen LogP contribution in [0, 0.1) is 11.7 Å². The lowest BCUT2D eigenvalue weighted by Gasteiger charge is -2.32. The van der Waals surface area contributed by atoms with Crippen LogP contribution >= 0.6 is 23.4 Å². The number of aryl methyl sites for hydroxylation is 1. The van der Waals surface area contributed by atoms with Gasteiger partial charge in [-0.15, -0.1) is 0 Å². The third kappa shape index (κ3) is 7.84. The number of methoxy groups -OCH3 is 1. The highest BCUT2D eigenvalue weighted by Gasteiger charge is 2.32. The van der Waals surface area contributed by atoms with E-state index >= 15 is 0 Å². The van der Waals surface area contributed by atoms with Crippen molar-refractivity contribution in [1.29, 1.82) is 0 Å². The number of hydrogen-bond acceptors (Lipinski definition) is 6. The second-order valence-electron chi connectivity index (χ2n) is 10.7. The van der Waals surface area contributed by atoms with E-state index in [0.717, 1.165) is 17.0 Å². The summed E-state index contributed by atoms with van der Waals surface area (Å²) in [4.78, 5) is 27.9. The molecule has 0 unspecified atom stereocenters. The summed E-state index contributed by atoms with van der Waals surface area (Å²) >= 11 is 7.51. The summed E-state index contributed by atoms with van der Waals surface area (Å²) in [5.41, 5.74) is 1.97. The number of nitrogens with one attached hydrogen (secondary N) is 2. The minimum absolute atomic E-state index is 0.0207. The van der Waals surface area contributed by atoms with Crippen molar-refractivity contribution < 1.29 is 13.9 Å². The Kier molecular flexibility index (Phi) is 10.2. The number of halogens is 2. The third-order valence-electron chi connectivity index (χ3n) is 7.67. The monoisotopic (exact) mass is 620 g/mol. The van der Waals surface area contributed by atoms with Crippen LogP contribution in [-0.2, 0) is 11.2 Å². The molecular weight excluding hydrogens is 587 g/mol. The molecule has 0 aliphatic carbocycles. The number of carbonyl (C=O) groups is 1. The van der Waals surface area contributed by atoms with Gasteiger partial charge in [-0.2, -0.15) is 9.78 Å². The molecule has 0 saturated carbocycles. The van der Waals surface area contributed by atoms with Crippen LogP contribution in [-0.4, -0.2) is 41.9 Å². The van der Waals surface area contributed by atoms with Gasteiger partial charge in [-0.25, -0.2) is 4.39 Å². The van der Waals surface area contributed by atoms with Crippen LogP contribution < -0.4 is 20.9 Å². The van der Waals surface area contributed by atoms with Crippen molar-refractivity contribution in [2.75, 3.05) is 20.2 Å². The predicted octanol–water partition coefficient (Wildman–Crippen LogP) is 6.02. The van der Waals surface area contributed by atoms with E-state index in [2.05, 4.69) is 15.7 Å². The molecule has 0 spiro atoms. The Bertz CT molecular complexity index is 1600. The molecule has 10 heteroatoms. The second-order valence-corrected chi connectivity index (χ2v) is 12.2. The van der Waals surface area contributed by atoms with Crippen LogP contribution in [0.1, 0.15) is 36.8 Å². The Hall–Kier alpha value is -3.66. The van der Waals surface area contributed by atoms with Gasteiger partial charge in [-0.05, 0) is 105 Å². The lowest BCUT2D eigenvalue weighted by atomic mass is 9.80. The molecule has 2 heterocycles. The van der Waals surface area contributed by atoms with E-state index in [-0.39, 0.29) is 35.2 Å². The van der Waals surface area contributed by atoms with Gasteiger partial charge >= 0.3 is 0 Å². The van der Waals surface area contributed by atoms with Crippen molar-refractivity contribution in [3.05, 3.63) is 111 Å². The Morgan fingerprint density at radius 2 is 1.86 bits per heavy atom. The number of hydrogen-bond donors (Lipinski definition) is 2. The van der Waals surface area contributed by atoms with Crippen LogP contribution in [0.4, 0.5) is 4.39 Å². The van der Waals surface area contributed by atoms with Gasteiger partial charge in [-0.3, -0.25) is 9.59 Å². The van der Waals surface area contributed by atoms with Crippen molar-refractivity contribution in [3.63, 3.8) is 0 Å². The van der Waals surface area contributed by atoms with Crippen molar-refractivity contribution in [1.82, 2.24) is 20.4 Å². The largest absolute Gasteiger partial charge is 0.497 e. The first-order valence-corrected chi connectivity index (χ1v) is 15.5. The standard InChI is InChI=1S/C33H34ClFN4O3S/c1-21(37-32(40)29-17-18-36-20-30(29)22-5-9-25(35)10-6-22)3-4-23-19-31(43-28-15-7-24(34)8-16-28)38-39(33(23)41)26-11-13-27(42-2)14-12-26/h5-16,19,21,29-30,36H,3-4,17-18,20H2,1-2H3,(H,37,40)/t21-,29+,30-/m1/s1. The van der Waals surface area contributed by atoms with Crippen molar-refractivity contribution in [2.45, 2.75) is 48.1 Å². The van der Waals surface area contributed by atoms with Crippen LogP contribution in [0.2, 0.25) is 5.02 Å². The number of rotatable bonds is 10. The molecule has 5 rings (SSSR count). The minimum atomic E-state index is -0.293. The molecule has 0 radical (unpaired) electrons. The first-order chi connectivity index (χ1) is 20.8. The Morgan fingerprint density at radius 1 is 1.14 bits per heavy atom. The zero-order valence-electron chi connectivity index (χ0n) is 24.1. The molecule has 224 valence electrons. The second kappa shape index (κ2) is 14.2. The van der Waals surface area contributed by atoms with E-state index in [9.17, 15) is 14.0 Å². The fourth-order valence-corrected chi connectivity index (χ4v) is 6.26. The smallest absolute Gasteiger partial charge is 0.274 e. The van der Waals surface area contributed by atoms with Gasteiger partial charge in [0.15, 0.2) is 0 Å². The first kappa shape index (κ1) is 30.8. The summed E-state index contributed by atoms with van der Waals surface area (Å²) in [6.45, 7) is 3.37. The van der Waals surface area contributed by atoms with E-state index in [1.54, 1.807) is 43.5 Å². The highest BCUT2D eigenvalue weighted by atomic mass is 35.5. The molecule has 7 nitrogen and oxygen atoms in total. The number of aromatic nitrogens is 2. The molecule has 3 atom stereocenters. The van der Waals surface area contributed by atoms with E-state index in [1.165, 1.54) is 28.6 Å². The molecule has 2 N–H and O–H groups in total. The van der Waals surface area contributed by atoms with Gasteiger partial charge < -0.3 is 15.4 Å². The average molecular weight is 621 g/mol. The van der Waals surface area contributed by atoms with E-state index in [1.807, 2.05) is 37.3 Å².